The van der Waals surface area contributed by atoms with Gasteiger partial charge >= 0.3 is 5.97 Å². The normalized spacial score (nSPS) is 18.9. The van der Waals surface area contributed by atoms with Gasteiger partial charge in [-0.15, -0.1) is 0 Å². The van der Waals surface area contributed by atoms with Crippen LogP contribution in [0.3, 0.4) is 0 Å². The summed E-state index contributed by atoms with van der Waals surface area (Å²) in [5.41, 5.74) is 1.13. The molecular weight excluding hydrogens is 268 g/mol. The molecule has 5 nitrogen and oxygen atoms in total. The molecule has 1 aliphatic heterocycles. The summed E-state index contributed by atoms with van der Waals surface area (Å²) in [5, 5.41) is 9.41. The van der Waals surface area contributed by atoms with E-state index in [-0.39, 0.29) is 0 Å². The minimum absolute atomic E-state index is 0.544. The molecule has 1 N–H and O–H groups in total. The van der Waals surface area contributed by atoms with Crippen LogP contribution in [-0.4, -0.2) is 34.0 Å². The number of aliphatic carboxylic acids is 1. The molecular formula is C16H20N2O3. The molecule has 21 heavy (non-hydrogen) atoms. The van der Waals surface area contributed by atoms with Gasteiger partial charge in [0.1, 0.15) is 5.52 Å². The number of carbonyl (C=O) groups is 1. The summed E-state index contributed by atoms with van der Waals surface area (Å²) in [5.74, 6) is 0.0436. The molecule has 0 bridgehead atoms. The van der Waals surface area contributed by atoms with Gasteiger partial charge < -0.3 is 9.52 Å². The first kappa shape index (κ1) is 14.1. The minimum Gasteiger partial charge on any atom is -0.481 e. The number of piperidine rings is 1. The van der Waals surface area contributed by atoms with Crippen LogP contribution in [0.4, 0.5) is 0 Å². The SMILES string of the molecule is CCC1(C(=O)O)CCN(Cc2nc3ccccc3o2)CC1. The largest absolute Gasteiger partial charge is 0.481 e. The molecule has 1 saturated heterocycles. The zero-order chi connectivity index (χ0) is 14.9. The molecule has 0 aliphatic carbocycles. The van der Waals surface area contributed by atoms with Crippen molar-refractivity contribution in [3.8, 4) is 0 Å². The van der Waals surface area contributed by atoms with E-state index in [1.165, 1.54) is 0 Å². The predicted molar refractivity (Wildman–Crippen MR) is 78.9 cm³/mol. The van der Waals surface area contributed by atoms with Crippen molar-refractivity contribution in [1.29, 1.82) is 0 Å². The third-order valence-electron chi connectivity index (χ3n) is 4.64. The molecule has 0 spiro atoms. The number of carboxylic acid groups (broad SMARTS) is 1. The van der Waals surface area contributed by atoms with Crippen molar-refractivity contribution in [3.05, 3.63) is 30.2 Å². The molecule has 112 valence electrons. The Kier molecular flexibility index (Phi) is 3.68. The van der Waals surface area contributed by atoms with E-state index >= 15 is 0 Å². The van der Waals surface area contributed by atoms with Gasteiger partial charge in [-0.2, -0.15) is 0 Å². The van der Waals surface area contributed by atoms with Gasteiger partial charge in [0.25, 0.3) is 0 Å². The lowest BCUT2D eigenvalue weighted by atomic mass is 9.76. The van der Waals surface area contributed by atoms with Gasteiger partial charge in [-0.3, -0.25) is 9.69 Å². The van der Waals surface area contributed by atoms with E-state index in [0.29, 0.717) is 31.7 Å². The Morgan fingerprint density at radius 1 is 1.38 bits per heavy atom. The summed E-state index contributed by atoms with van der Waals surface area (Å²) in [6.45, 7) is 4.16. The maximum absolute atomic E-state index is 11.4. The molecule has 0 amide bonds. The second kappa shape index (κ2) is 5.48. The van der Waals surface area contributed by atoms with Gasteiger partial charge in [0, 0.05) is 0 Å². The molecule has 5 heteroatoms. The summed E-state index contributed by atoms with van der Waals surface area (Å²) in [4.78, 5) is 18.1. The highest BCUT2D eigenvalue weighted by Gasteiger charge is 2.39. The number of likely N-dealkylation sites (tertiary alicyclic amines) is 1. The zero-order valence-corrected chi connectivity index (χ0v) is 12.2. The van der Waals surface area contributed by atoms with Crippen LogP contribution in [-0.2, 0) is 11.3 Å². The van der Waals surface area contributed by atoms with E-state index in [2.05, 4.69) is 9.88 Å². The summed E-state index contributed by atoms with van der Waals surface area (Å²) >= 11 is 0. The molecule has 1 aliphatic rings. The molecule has 0 saturated carbocycles. The average Bonchev–Trinajstić information content (AvgIpc) is 2.90. The number of carboxylic acids is 1. The lowest BCUT2D eigenvalue weighted by molar-refractivity contribution is -0.152. The quantitative estimate of drug-likeness (QED) is 0.937. The number of para-hydroxylation sites is 2. The monoisotopic (exact) mass is 288 g/mol. The lowest BCUT2D eigenvalue weighted by Gasteiger charge is -2.37. The van der Waals surface area contributed by atoms with Crippen LogP contribution in [0, 0.1) is 5.41 Å². The van der Waals surface area contributed by atoms with Crippen molar-refractivity contribution in [2.75, 3.05) is 13.1 Å². The summed E-state index contributed by atoms with van der Waals surface area (Å²) < 4.78 is 5.73. The summed E-state index contributed by atoms with van der Waals surface area (Å²) in [6, 6.07) is 7.72. The Bertz CT molecular complexity index is 609. The second-order valence-electron chi connectivity index (χ2n) is 5.79. The Labute approximate surface area is 123 Å². The van der Waals surface area contributed by atoms with Gasteiger partial charge in [0.05, 0.1) is 12.0 Å². The summed E-state index contributed by atoms with van der Waals surface area (Å²) in [7, 11) is 0. The van der Waals surface area contributed by atoms with Crippen LogP contribution < -0.4 is 0 Å². The predicted octanol–water partition coefficient (Wildman–Crippen LogP) is 2.90. The molecule has 2 aromatic rings. The van der Waals surface area contributed by atoms with E-state index in [4.69, 9.17) is 4.42 Å². The molecule has 3 rings (SSSR count). The summed E-state index contributed by atoms with van der Waals surface area (Å²) in [6.07, 6.45) is 2.08. The standard InChI is InChI=1S/C16H20N2O3/c1-2-16(15(19)20)7-9-18(10-8-16)11-14-17-12-5-3-4-6-13(12)21-14/h3-6H,2,7-11H2,1H3,(H,19,20). The number of oxazole rings is 1. The third kappa shape index (κ3) is 2.65. The van der Waals surface area contributed by atoms with Crippen molar-refractivity contribution in [3.63, 3.8) is 0 Å². The van der Waals surface area contributed by atoms with Crippen molar-refractivity contribution < 1.29 is 14.3 Å². The lowest BCUT2D eigenvalue weighted by Crippen LogP contribution is -2.43. The van der Waals surface area contributed by atoms with Gasteiger partial charge in [-0.25, -0.2) is 4.98 Å². The van der Waals surface area contributed by atoms with Crippen molar-refractivity contribution in [1.82, 2.24) is 9.88 Å². The number of aromatic nitrogens is 1. The molecule has 1 fully saturated rings. The van der Waals surface area contributed by atoms with Crippen molar-refractivity contribution in [2.45, 2.75) is 32.7 Å². The van der Waals surface area contributed by atoms with Gasteiger partial charge in [0.2, 0.25) is 5.89 Å². The van der Waals surface area contributed by atoms with Crippen LogP contribution in [0.15, 0.2) is 28.7 Å². The van der Waals surface area contributed by atoms with Crippen molar-refractivity contribution in [2.24, 2.45) is 5.41 Å². The highest BCUT2D eigenvalue weighted by Crippen LogP contribution is 2.35. The minimum atomic E-state index is -0.661. The first-order valence-corrected chi connectivity index (χ1v) is 7.43. The number of nitrogens with zero attached hydrogens (tertiary/aromatic N) is 2. The fourth-order valence-electron chi connectivity index (χ4n) is 3.04. The highest BCUT2D eigenvalue weighted by molar-refractivity contribution is 5.74. The molecule has 0 radical (unpaired) electrons. The topological polar surface area (TPSA) is 66.6 Å². The molecule has 2 heterocycles. The highest BCUT2D eigenvalue weighted by atomic mass is 16.4. The maximum atomic E-state index is 11.4. The second-order valence-corrected chi connectivity index (χ2v) is 5.79. The molecule has 1 aromatic carbocycles. The Hall–Kier alpha value is -1.88. The first-order chi connectivity index (χ1) is 10.1. The van der Waals surface area contributed by atoms with Crippen LogP contribution in [0.5, 0.6) is 0 Å². The number of benzene rings is 1. The smallest absolute Gasteiger partial charge is 0.309 e. The van der Waals surface area contributed by atoms with Gasteiger partial charge in [0.15, 0.2) is 5.58 Å². The Morgan fingerprint density at radius 2 is 2.10 bits per heavy atom. The van der Waals surface area contributed by atoms with Crippen LogP contribution in [0.1, 0.15) is 32.1 Å². The number of rotatable bonds is 4. The number of hydrogen-bond donors (Lipinski definition) is 1. The van der Waals surface area contributed by atoms with Crippen molar-refractivity contribution >= 4 is 17.1 Å². The van der Waals surface area contributed by atoms with Crippen LogP contribution in [0.2, 0.25) is 0 Å². The van der Waals surface area contributed by atoms with Crippen LogP contribution in [0.25, 0.3) is 11.1 Å². The number of fused-ring (bicyclic) bond motifs is 1. The van der Waals surface area contributed by atoms with E-state index in [1.54, 1.807) is 0 Å². The molecule has 0 unspecified atom stereocenters. The fraction of sp³-hybridized carbons (Fsp3) is 0.500. The fourth-order valence-corrected chi connectivity index (χ4v) is 3.04. The molecule has 1 aromatic heterocycles. The maximum Gasteiger partial charge on any atom is 0.309 e. The van der Waals surface area contributed by atoms with Crippen LogP contribution >= 0.6 is 0 Å². The number of hydrogen-bond acceptors (Lipinski definition) is 4. The third-order valence-corrected chi connectivity index (χ3v) is 4.64. The zero-order valence-electron chi connectivity index (χ0n) is 12.2. The Balaban J connectivity index is 1.66. The van der Waals surface area contributed by atoms with Gasteiger partial charge in [-0.05, 0) is 44.5 Å². The van der Waals surface area contributed by atoms with E-state index in [9.17, 15) is 9.90 Å². The van der Waals surface area contributed by atoms with E-state index in [0.717, 1.165) is 24.2 Å². The first-order valence-electron chi connectivity index (χ1n) is 7.43. The van der Waals surface area contributed by atoms with E-state index < -0.39 is 11.4 Å². The van der Waals surface area contributed by atoms with Gasteiger partial charge in [-0.1, -0.05) is 19.1 Å². The average molecular weight is 288 g/mol. The molecule has 0 atom stereocenters. The van der Waals surface area contributed by atoms with E-state index in [1.807, 2.05) is 31.2 Å². The Morgan fingerprint density at radius 3 is 2.71 bits per heavy atom.